The van der Waals surface area contributed by atoms with Crippen molar-refractivity contribution < 1.29 is 22.7 Å². The molecule has 1 N–H and O–H groups in total. The van der Waals surface area contributed by atoms with E-state index in [2.05, 4.69) is 10.8 Å². The van der Waals surface area contributed by atoms with E-state index in [1.165, 1.54) is 23.8 Å². The Labute approximate surface area is 204 Å². The molecule has 1 aliphatic heterocycles. The largest absolute Gasteiger partial charge is 0.494 e. The molecule has 0 saturated carbocycles. The Morgan fingerprint density at radius 3 is 2.47 bits per heavy atom. The number of rotatable bonds is 8. The second kappa shape index (κ2) is 10.4. The predicted octanol–water partition coefficient (Wildman–Crippen LogP) is 4.50. The zero-order valence-corrected chi connectivity index (χ0v) is 20.2. The van der Waals surface area contributed by atoms with Crippen molar-refractivity contribution in [1.29, 1.82) is 0 Å². The van der Waals surface area contributed by atoms with Crippen LogP contribution in [0, 0.1) is 0 Å². The van der Waals surface area contributed by atoms with E-state index < -0.39 is 10.0 Å². The number of hydrogen-bond donors (Lipinski definition) is 1. The van der Waals surface area contributed by atoms with Gasteiger partial charge in [0.2, 0.25) is 0 Å². The molecule has 4 rings (SSSR count). The van der Waals surface area contributed by atoms with E-state index in [1.807, 2.05) is 25.1 Å². The average Bonchev–Trinajstić information content (AvgIpc) is 2.84. The maximum absolute atomic E-state index is 12.7. The fraction of sp³-hybridized carbons (Fsp3) is 0.240. The van der Waals surface area contributed by atoms with E-state index >= 15 is 0 Å². The maximum Gasteiger partial charge on any atom is 0.261 e. The number of sulfonamides is 1. The number of nitrogens with zero attached hydrogens (tertiary/aromatic N) is 1. The molecule has 0 fully saturated rings. The standard InChI is InChI=1S/C25H25ClN2O5S/c1-2-32-21-9-7-20(8-10-21)27-34(30,31)22-11-12-24(23(26)15-22)33-17-25(29)28-14-13-18-5-3-4-6-19(18)16-28/h3-12,15,27H,2,13-14,16-17H2,1H3. The minimum atomic E-state index is -3.86. The molecule has 9 heteroatoms. The highest BCUT2D eigenvalue weighted by atomic mass is 35.5. The summed E-state index contributed by atoms with van der Waals surface area (Å²) >= 11 is 6.27. The number of hydrogen-bond acceptors (Lipinski definition) is 5. The number of carbonyl (C=O) groups is 1. The Kier molecular flexibility index (Phi) is 7.29. The Balaban J connectivity index is 1.37. The molecule has 0 aromatic heterocycles. The van der Waals surface area contributed by atoms with Gasteiger partial charge in [-0.15, -0.1) is 0 Å². The third kappa shape index (κ3) is 5.63. The molecule has 178 valence electrons. The fourth-order valence-corrected chi connectivity index (χ4v) is 5.09. The average molecular weight is 501 g/mol. The van der Waals surface area contributed by atoms with Crippen LogP contribution in [-0.4, -0.2) is 39.0 Å². The lowest BCUT2D eigenvalue weighted by molar-refractivity contribution is -0.134. The lowest BCUT2D eigenvalue weighted by Gasteiger charge is -2.28. The zero-order chi connectivity index (χ0) is 24.1. The summed E-state index contributed by atoms with van der Waals surface area (Å²) in [6.45, 7) is 3.38. The first kappa shape index (κ1) is 23.9. The van der Waals surface area contributed by atoms with Crippen molar-refractivity contribution in [2.24, 2.45) is 0 Å². The van der Waals surface area contributed by atoms with Crippen LogP contribution in [-0.2, 0) is 27.8 Å². The Morgan fingerprint density at radius 2 is 1.76 bits per heavy atom. The molecule has 3 aromatic rings. The van der Waals surface area contributed by atoms with Gasteiger partial charge in [-0.2, -0.15) is 0 Å². The van der Waals surface area contributed by atoms with Gasteiger partial charge in [0.15, 0.2) is 6.61 Å². The number of benzene rings is 3. The van der Waals surface area contributed by atoms with Gasteiger partial charge in [-0.25, -0.2) is 8.42 Å². The van der Waals surface area contributed by atoms with Crippen molar-refractivity contribution in [2.45, 2.75) is 24.8 Å². The van der Waals surface area contributed by atoms with E-state index in [0.717, 1.165) is 12.0 Å². The second-order valence-corrected chi connectivity index (χ2v) is 9.87. The van der Waals surface area contributed by atoms with Gasteiger partial charge in [0, 0.05) is 18.8 Å². The third-order valence-corrected chi connectivity index (χ3v) is 7.14. The Morgan fingerprint density at radius 1 is 1.03 bits per heavy atom. The van der Waals surface area contributed by atoms with Gasteiger partial charge in [-0.1, -0.05) is 35.9 Å². The molecule has 0 aliphatic carbocycles. The first-order chi connectivity index (χ1) is 16.4. The lowest BCUT2D eigenvalue weighted by atomic mass is 10.00. The molecule has 0 radical (unpaired) electrons. The Bertz CT molecular complexity index is 1280. The fourth-order valence-electron chi connectivity index (χ4n) is 3.71. The van der Waals surface area contributed by atoms with Crippen molar-refractivity contribution in [3.63, 3.8) is 0 Å². The summed E-state index contributed by atoms with van der Waals surface area (Å²) in [5.74, 6) is 0.741. The molecule has 0 atom stereocenters. The molecule has 0 saturated heterocycles. The normalized spacial score (nSPS) is 13.2. The van der Waals surface area contributed by atoms with Crippen LogP contribution in [0.3, 0.4) is 0 Å². The second-order valence-electron chi connectivity index (χ2n) is 7.78. The molecule has 1 amide bonds. The highest BCUT2D eigenvalue weighted by Crippen LogP contribution is 2.29. The van der Waals surface area contributed by atoms with Crippen LogP contribution in [0.4, 0.5) is 5.69 Å². The van der Waals surface area contributed by atoms with E-state index in [9.17, 15) is 13.2 Å². The van der Waals surface area contributed by atoms with Gasteiger partial charge in [-0.3, -0.25) is 9.52 Å². The van der Waals surface area contributed by atoms with Crippen molar-refractivity contribution in [1.82, 2.24) is 4.90 Å². The summed E-state index contributed by atoms with van der Waals surface area (Å²) in [4.78, 5) is 14.4. The summed E-state index contributed by atoms with van der Waals surface area (Å²) in [6, 6.07) is 18.8. The lowest BCUT2D eigenvalue weighted by Crippen LogP contribution is -2.38. The summed E-state index contributed by atoms with van der Waals surface area (Å²) in [6.07, 6.45) is 0.802. The number of carbonyl (C=O) groups excluding carboxylic acids is 1. The quantitative estimate of drug-likeness (QED) is 0.492. The number of ether oxygens (including phenoxy) is 2. The summed E-state index contributed by atoms with van der Waals surface area (Å²) in [7, 11) is -3.86. The summed E-state index contributed by atoms with van der Waals surface area (Å²) in [5, 5.41) is 0.103. The van der Waals surface area contributed by atoms with E-state index in [0.29, 0.717) is 31.1 Å². The zero-order valence-electron chi connectivity index (χ0n) is 18.7. The minimum absolute atomic E-state index is 0.0160. The SMILES string of the molecule is CCOc1ccc(NS(=O)(=O)c2ccc(OCC(=O)N3CCc4ccccc4C3)c(Cl)c2)cc1. The van der Waals surface area contributed by atoms with Gasteiger partial charge in [0.05, 0.1) is 16.5 Å². The minimum Gasteiger partial charge on any atom is -0.494 e. The van der Waals surface area contributed by atoms with E-state index in [-0.39, 0.29) is 28.2 Å². The number of nitrogens with one attached hydrogen (secondary N) is 1. The monoisotopic (exact) mass is 500 g/mol. The summed E-state index contributed by atoms with van der Waals surface area (Å²) in [5.41, 5.74) is 2.79. The van der Waals surface area contributed by atoms with Crippen molar-refractivity contribution in [2.75, 3.05) is 24.5 Å². The van der Waals surface area contributed by atoms with Gasteiger partial charge in [-0.05, 0) is 66.9 Å². The van der Waals surface area contributed by atoms with Crippen LogP contribution in [0.2, 0.25) is 5.02 Å². The number of fused-ring (bicyclic) bond motifs is 1. The van der Waals surface area contributed by atoms with Crippen LogP contribution >= 0.6 is 11.6 Å². The van der Waals surface area contributed by atoms with Crippen LogP contribution in [0.25, 0.3) is 0 Å². The highest BCUT2D eigenvalue weighted by Gasteiger charge is 2.22. The van der Waals surface area contributed by atoms with E-state index in [4.69, 9.17) is 21.1 Å². The maximum atomic E-state index is 12.7. The number of amides is 1. The van der Waals surface area contributed by atoms with Gasteiger partial charge < -0.3 is 14.4 Å². The third-order valence-electron chi connectivity index (χ3n) is 5.47. The molecule has 1 aliphatic rings. The molecule has 1 heterocycles. The topological polar surface area (TPSA) is 84.9 Å². The smallest absolute Gasteiger partial charge is 0.261 e. The molecule has 0 bridgehead atoms. The van der Waals surface area contributed by atoms with Crippen LogP contribution < -0.4 is 14.2 Å². The van der Waals surface area contributed by atoms with Crippen molar-refractivity contribution in [3.05, 3.63) is 82.9 Å². The first-order valence-electron chi connectivity index (χ1n) is 10.9. The number of halogens is 1. The van der Waals surface area contributed by atoms with E-state index in [1.54, 1.807) is 29.2 Å². The Hall–Kier alpha value is -3.23. The van der Waals surface area contributed by atoms with Gasteiger partial charge in [0.25, 0.3) is 15.9 Å². The molecule has 34 heavy (non-hydrogen) atoms. The number of anilines is 1. The van der Waals surface area contributed by atoms with Gasteiger partial charge >= 0.3 is 0 Å². The molecular formula is C25H25ClN2O5S. The van der Waals surface area contributed by atoms with Crippen LogP contribution in [0.15, 0.2) is 71.6 Å². The molecular weight excluding hydrogens is 476 g/mol. The van der Waals surface area contributed by atoms with Crippen LogP contribution in [0.5, 0.6) is 11.5 Å². The molecule has 0 spiro atoms. The highest BCUT2D eigenvalue weighted by molar-refractivity contribution is 7.92. The summed E-state index contributed by atoms with van der Waals surface area (Å²) < 4.78 is 39.0. The molecule has 0 unspecified atom stereocenters. The first-order valence-corrected chi connectivity index (χ1v) is 12.7. The van der Waals surface area contributed by atoms with Crippen molar-refractivity contribution in [3.8, 4) is 11.5 Å². The molecule has 7 nitrogen and oxygen atoms in total. The van der Waals surface area contributed by atoms with Crippen molar-refractivity contribution >= 4 is 33.2 Å². The predicted molar refractivity (Wildman–Crippen MR) is 131 cm³/mol. The van der Waals surface area contributed by atoms with Crippen LogP contribution in [0.1, 0.15) is 18.1 Å². The molecule has 3 aromatic carbocycles. The van der Waals surface area contributed by atoms with Gasteiger partial charge in [0.1, 0.15) is 11.5 Å².